The first-order chi connectivity index (χ1) is 9.54. The molecule has 0 saturated heterocycles. The van der Waals surface area contributed by atoms with Gasteiger partial charge in [-0.1, -0.05) is 34.6 Å². The quantitative estimate of drug-likeness (QED) is 0.844. The summed E-state index contributed by atoms with van der Waals surface area (Å²) in [7, 11) is 0. The fraction of sp³-hybridized carbons (Fsp3) is 0.429. The van der Waals surface area contributed by atoms with E-state index in [2.05, 4.69) is 38.5 Å². The molecule has 1 aliphatic rings. The minimum atomic E-state index is -0.809. The summed E-state index contributed by atoms with van der Waals surface area (Å²) in [5, 5.41) is 9.69. The second kappa shape index (κ2) is 5.41. The van der Waals surface area contributed by atoms with Gasteiger partial charge in [-0.25, -0.2) is 4.98 Å². The number of halogens is 1. The van der Waals surface area contributed by atoms with E-state index in [1.54, 1.807) is 0 Å². The molecule has 1 N–H and O–H groups in total. The van der Waals surface area contributed by atoms with Gasteiger partial charge in [0.1, 0.15) is 0 Å². The first-order valence-corrected chi connectivity index (χ1v) is 8.34. The fourth-order valence-electron chi connectivity index (χ4n) is 2.70. The Kier molecular flexibility index (Phi) is 3.77. The molecule has 2 aromatic rings. The van der Waals surface area contributed by atoms with Gasteiger partial charge in [0.05, 0.1) is 16.8 Å². The summed E-state index contributed by atoms with van der Waals surface area (Å²) in [4.78, 5) is 15.4. The third-order valence-corrected chi connectivity index (χ3v) is 5.09. The summed E-state index contributed by atoms with van der Waals surface area (Å²) in [6, 6.07) is 6.45. The van der Waals surface area contributed by atoms with E-state index in [0.29, 0.717) is 6.04 Å². The number of carboxylic acid groups (broad SMARTS) is 1. The van der Waals surface area contributed by atoms with Gasteiger partial charge in [0, 0.05) is 10.5 Å². The number of hydrogen-bond acceptors (Lipinski definition) is 3. The van der Waals surface area contributed by atoms with Crippen molar-refractivity contribution in [3.05, 3.63) is 22.7 Å². The molecule has 3 rings (SSSR count). The number of carboxylic acids is 1. The van der Waals surface area contributed by atoms with Crippen LogP contribution in [0.15, 0.2) is 27.8 Å². The van der Waals surface area contributed by atoms with Gasteiger partial charge in [0.15, 0.2) is 5.16 Å². The van der Waals surface area contributed by atoms with Crippen LogP contribution in [0.2, 0.25) is 0 Å². The molecule has 0 unspecified atom stereocenters. The summed E-state index contributed by atoms with van der Waals surface area (Å²) < 4.78 is 3.24. The Bertz CT molecular complexity index is 664. The van der Waals surface area contributed by atoms with Crippen LogP contribution in [0.5, 0.6) is 0 Å². The molecule has 0 atom stereocenters. The van der Waals surface area contributed by atoms with Gasteiger partial charge < -0.3 is 9.67 Å². The van der Waals surface area contributed by atoms with Gasteiger partial charge in [0.2, 0.25) is 0 Å². The Morgan fingerprint density at radius 3 is 2.95 bits per heavy atom. The van der Waals surface area contributed by atoms with Crippen LogP contribution >= 0.6 is 27.7 Å². The number of imidazole rings is 1. The molecule has 0 bridgehead atoms. The molecule has 1 aromatic carbocycles. The molecule has 0 radical (unpaired) electrons. The zero-order valence-electron chi connectivity index (χ0n) is 11.0. The van der Waals surface area contributed by atoms with Crippen molar-refractivity contribution in [1.29, 1.82) is 0 Å². The largest absolute Gasteiger partial charge is 0.481 e. The summed E-state index contributed by atoms with van der Waals surface area (Å²) in [5.41, 5.74) is 2.02. The van der Waals surface area contributed by atoms with Crippen molar-refractivity contribution >= 4 is 44.7 Å². The Hall–Kier alpha value is -1.01. The van der Waals surface area contributed by atoms with Crippen molar-refractivity contribution in [3.8, 4) is 0 Å². The van der Waals surface area contributed by atoms with Crippen LogP contribution in [0.1, 0.15) is 25.8 Å². The average Bonchev–Trinajstić information content (AvgIpc) is 2.70. The van der Waals surface area contributed by atoms with E-state index in [9.17, 15) is 4.79 Å². The van der Waals surface area contributed by atoms with Gasteiger partial charge in [0.25, 0.3) is 0 Å². The summed E-state index contributed by atoms with van der Waals surface area (Å²) in [6.45, 7) is 2.25. The third-order valence-electron chi connectivity index (χ3n) is 3.66. The standard InChI is InChI=1S/C14H15BrN2O2S/c1-8-4-10(5-8)17-12-6-9(15)2-3-11(12)16-14(17)20-7-13(18)19/h2-3,6,8,10H,4-5,7H2,1H3,(H,18,19). The molecule has 6 heteroatoms. The first kappa shape index (κ1) is 13.9. The molecule has 106 valence electrons. The highest BCUT2D eigenvalue weighted by Gasteiger charge is 2.30. The smallest absolute Gasteiger partial charge is 0.313 e. The van der Waals surface area contributed by atoms with Gasteiger partial charge in [-0.3, -0.25) is 4.79 Å². The van der Waals surface area contributed by atoms with Crippen LogP contribution in [0.3, 0.4) is 0 Å². The highest BCUT2D eigenvalue weighted by Crippen LogP contribution is 2.42. The van der Waals surface area contributed by atoms with E-state index >= 15 is 0 Å². The Labute approximate surface area is 129 Å². The van der Waals surface area contributed by atoms with Crippen LogP contribution in [0.4, 0.5) is 0 Å². The minimum Gasteiger partial charge on any atom is -0.481 e. The number of benzene rings is 1. The highest BCUT2D eigenvalue weighted by atomic mass is 79.9. The lowest BCUT2D eigenvalue weighted by atomic mass is 9.81. The SMILES string of the molecule is CC1CC(n2c(SCC(=O)O)nc3ccc(Br)cc32)C1. The van der Waals surface area contributed by atoms with Crippen LogP contribution in [0.25, 0.3) is 11.0 Å². The summed E-state index contributed by atoms with van der Waals surface area (Å²) in [6.07, 6.45) is 2.28. The van der Waals surface area contributed by atoms with Crippen LogP contribution in [-0.4, -0.2) is 26.4 Å². The lowest BCUT2D eigenvalue weighted by Crippen LogP contribution is -2.25. The highest BCUT2D eigenvalue weighted by molar-refractivity contribution is 9.10. The van der Waals surface area contributed by atoms with Gasteiger partial charge in [-0.2, -0.15) is 0 Å². The maximum Gasteiger partial charge on any atom is 0.313 e. The number of thioether (sulfide) groups is 1. The van der Waals surface area contributed by atoms with E-state index in [0.717, 1.165) is 39.4 Å². The molecular formula is C14H15BrN2O2S. The molecular weight excluding hydrogens is 340 g/mol. The molecule has 1 heterocycles. The lowest BCUT2D eigenvalue weighted by Gasteiger charge is -2.35. The van der Waals surface area contributed by atoms with E-state index in [1.807, 2.05) is 12.1 Å². The van der Waals surface area contributed by atoms with Crippen molar-refractivity contribution in [3.63, 3.8) is 0 Å². The van der Waals surface area contributed by atoms with Crippen LogP contribution in [-0.2, 0) is 4.79 Å². The predicted molar refractivity (Wildman–Crippen MR) is 83.2 cm³/mol. The van der Waals surface area contributed by atoms with E-state index < -0.39 is 5.97 Å². The molecule has 1 saturated carbocycles. The van der Waals surface area contributed by atoms with Gasteiger partial charge in [-0.15, -0.1) is 0 Å². The van der Waals surface area contributed by atoms with Crippen LogP contribution in [0, 0.1) is 5.92 Å². The average molecular weight is 355 g/mol. The number of rotatable bonds is 4. The topological polar surface area (TPSA) is 55.1 Å². The summed E-state index contributed by atoms with van der Waals surface area (Å²) >= 11 is 4.80. The minimum absolute atomic E-state index is 0.0484. The Morgan fingerprint density at radius 1 is 1.55 bits per heavy atom. The second-order valence-electron chi connectivity index (χ2n) is 5.31. The number of aromatic nitrogens is 2. The molecule has 4 nitrogen and oxygen atoms in total. The predicted octanol–water partition coefficient (Wildman–Crippen LogP) is 3.95. The molecule has 1 fully saturated rings. The van der Waals surface area contributed by atoms with Crippen molar-refractivity contribution in [2.45, 2.75) is 31.0 Å². The van der Waals surface area contributed by atoms with Gasteiger partial charge in [-0.05, 0) is 37.0 Å². The Balaban J connectivity index is 2.03. The van der Waals surface area contributed by atoms with Crippen molar-refractivity contribution in [2.75, 3.05) is 5.75 Å². The molecule has 20 heavy (non-hydrogen) atoms. The Morgan fingerprint density at radius 2 is 2.30 bits per heavy atom. The van der Waals surface area contributed by atoms with Crippen molar-refractivity contribution in [2.24, 2.45) is 5.92 Å². The summed E-state index contributed by atoms with van der Waals surface area (Å²) in [5.74, 6) is -0.0223. The van der Waals surface area contributed by atoms with Crippen molar-refractivity contribution in [1.82, 2.24) is 9.55 Å². The van der Waals surface area contributed by atoms with Crippen molar-refractivity contribution < 1.29 is 9.90 Å². The number of hydrogen-bond donors (Lipinski definition) is 1. The van der Waals surface area contributed by atoms with Gasteiger partial charge >= 0.3 is 5.97 Å². The number of fused-ring (bicyclic) bond motifs is 1. The number of aliphatic carboxylic acids is 1. The monoisotopic (exact) mass is 354 g/mol. The second-order valence-corrected chi connectivity index (χ2v) is 7.17. The molecule has 1 aromatic heterocycles. The fourth-order valence-corrected chi connectivity index (χ4v) is 3.85. The van der Waals surface area contributed by atoms with E-state index in [-0.39, 0.29) is 5.75 Å². The number of nitrogens with zero attached hydrogens (tertiary/aromatic N) is 2. The first-order valence-electron chi connectivity index (χ1n) is 6.56. The normalized spacial score (nSPS) is 21.9. The van der Waals surface area contributed by atoms with E-state index in [1.165, 1.54) is 11.8 Å². The zero-order chi connectivity index (χ0) is 14.3. The maximum atomic E-state index is 10.8. The molecule has 0 spiro atoms. The zero-order valence-corrected chi connectivity index (χ0v) is 13.4. The lowest BCUT2D eigenvalue weighted by molar-refractivity contribution is -0.133. The molecule has 0 amide bonds. The molecule has 1 aliphatic carbocycles. The van der Waals surface area contributed by atoms with E-state index in [4.69, 9.17) is 5.11 Å². The number of carbonyl (C=O) groups is 1. The third kappa shape index (κ3) is 2.59. The van der Waals surface area contributed by atoms with Crippen LogP contribution < -0.4 is 0 Å². The molecule has 0 aliphatic heterocycles. The maximum absolute atomic E-state index is 10.8.